The van der Waals surface area contributed by atoms with Gasteiger partial charge in [0.05, 0.1) is 6.10 Å². The van der Waals surface area contributed by atoms with Crippen LogP contribution in [0.1, 0.15) is 59.3 Å². The highest BCUT2D eigenvalue weighted by Gasteiger charge is 2.41. The van der Waals surface area contributed by atoms with Crippen LogP contribution in [0.15, 0.2) is 0 Å². The zero-order chi connectivity index (χ0) is 10.9. The number of ether oxygens (including phenoxy) is 1. The third-order valence-electron chi connectivity index (χ3n) is 4.17. The lowest BCUT2D eigenvalue weighted by molar-refractivity contribution is -0.170. The third kappa shape index (κ3) is 2.54. The van der Waals surface area contributed by atoms with Crippen molar-refractivity contribution in [2.24, 2.45) is 5.41 Å². The molecule has 1 aliphatic heterocycles. The van der Waals surface area contributed by atoms with E-state index in [2.05, 4.69) is 26.1 Å². The maximum atomic E-state index is 6.25. The minimum absolute atomic E-state index is 0.0362. The van der Waals surface area contributed by atoms with Gasteiger partial charge < -0.3 is 4.74 Å². The van der Waals surface area contributed by atoms with Crippen LogP contribution < -0.4 is 5.32 Å². The van der Waals surface area contributed by atoms with Gasteiger partial charge in [0, 0.05) is 6.54 Å². The number of hydrogen-bond acceptors (Lipinski definition) is 2. The molecule has 1 spiro atoms. The lowest BCUT2D eigenvalue weighted by Gasteiger charge is -2.48. The first-order valence-electron chi connectivity index (χ1n) is 6.48. The third-order valence-corrected chi connectivity index (χ3v) is 4.17. The Labute approximate surface area is 93.8 Å². The van der Waals surface area contributed by atoms with Crippen molar-refractivity contribution in [1.29, 1.82) is 0 Å². The van der Waals surface area contributed by atoms with Gasteiger partial charge in [-0.3, -0.25) is 5.32 Å². The van der Waals surface area contributed by atoms with E-state index in [9.17, 15) is 0 Å². The van der Waals surface area contributed by atoms with Gasteiger partial charge in [0.2, 0.25) is 0 Å². The summed E-state index contributed by atoms with van der Waals surface area (Å²) in [4.78, 5) is 0. The first-order valence-corrected chi connectivity index (χ1v) is 6.48. The maximum absolute atomic E-state index is 6.25. The smallest absolute Gasteiger partial charge is 0.119 e. The van der Waals surface area contributed by atoms with Gasteiger partial charge in [-0.05, 0) is 43.9 Å². The van der Waals surface area contributed by atoms with E-state index in [0.29, 0.717) is 11.5 Å². The van der Waals surface area contributed by atoms with E-state index < -0.39 is 0 Å². The van der Waals surface area contributed by atoms with E-state index in [1.165, 1.54) is 32.1 Å². The predicted octanol–water partition coefficient (Wildman–Crippen LogP) is 3.07. The van der Waals surface area contributed by atoms with Crippen LogP contribution >= 0.6 is 0 Å². The Morgan fingerprint density at radius 3 is 2.47 bits per heavy atom. The summed E-state index contributed by atoms with van der Waals surface area (Å²) in [6.07, 6.45) is 7.79. The molecule has 0 aromatic heterocycles. The molecular weight excluding hydrogens is 186 g/mol. The van der Waals surface area contributed by atoms with Crippen molar-refractivity contribution in [2.75, 3.05) is 6.54 Å². The molecule has 15 heavy (non-hydrogen) atoms. The molecule has 1 atom stereocenters. The Morgan fingerprint density at radius 2 is 1.87 bits per heavy atom. The van der Waals surface area contributed by atoms with Crippen LogP contribution in [0.3, 0.4) is 0 Å². The summed E-state index contributed by atoms with van der Waals surface area (Å²) < 4.78 is 6.25. The van der Waals surface area contributed by atoms with Gasteiger partial charge in [-0.15, -0.1) is 0 Å². The van der Waals surface area contributed by atoms with Crippen molar-refractivity contribution < 1.29 is 4.74 Å². The lowest BCUT2D eigenvalue weighted by atomic mass is 9.73. The van der Waals surface area contributed by atoms with Gasteiger partial charge in [-0.25, -0.2) is 0 Å². The van der Waals surface area contributed by atoms with Crippen molar-refractivity contribution in [3.05, 3.63) is 0 Å². The van der Waals surface area contributed by atoms with Crippen LogP contribution in [-0.4, -0.2) is 18.4 Å². The first kappa shape index (κ1) is 11.4. The zero-order valence-corrected chi connectivity index (χ0v) is 10.4. The highest BCUT2D eigenvalue weighted by Crippen LogP contribution is 2.42. The molecule has 2 fully saturated rings. The van der Waals surface area contributed by atoms with Gasteiger partial charge >= 0.3 is 0 Å². The monoisotopic (exact) mass is 211 g/mol. The summed E-state index contributed by atoms with van der Waals surface area (Å²) in [5.41, 5.74) is 0.559. The Bertz CT molecular complexity index is 215. The number of hydrogen-bond donors (Lipinski definition) is 1. The first-order chi connectivity index (χ1) is 7.05. The average molecular weight is 211 g/mol. The van der Waals surface area contributed by atoms with Crippen LogP contribution in [0.25, 0.3) is 0 Å². The number of rotatable bonds is 1. The van der Waals surface area contributed by atoms with Gasteiger partial charge in [-0.1, -0.05) is 20.8 Å². The Hall–Kier alpha value is -0.0800. The average Bonchev–Trinajstić information content (AvgIpc) is 2.24. The molecule has 0 aromatic carbocycles. The molecule has 1 unspecified atom stereocenters. The second-order valence-electron chi connectivity index (χ2n) is 6.02. The Morgan fingerprint density at radius 1 is 1.20 bits per heavy atom. The Balaban J connectivity index is 1.96. The highest BCUT2D eigenvalue weighted by atomic mass is 16.5. The van der Waals surface area contributed by atoms with E-state index in [0.717, 1.165) is 13.0 Å². The molecule has 0 radical (unpaired) electrons. The fourth-order valence-electron chi connectivity index (χ4n) is 2.79. The van der Waals surface area contributed by atoms with Gasteiger partial charge in [-0.2, -0.15) is 0 Å². The lowest BCUT2D eigenvalue weighted by Crippen LogP contribution is -2.57. The summed E-state index contributed by atoms with van der Waals surface area (Å²) >= 11 is 0. The molecule has 1 aliphatic carbocycles. The van der Waals surface area contributed by atoms with E-state index >= 15 is 0 Å². The quantitative estimate of drug-likeness (QED) is 0.719. The molecule has 2 rings (SSSR count). The molecule has 0 bridgehead atoms. The second-order valence-corrected chi connectivity index (χ2v) is 6.02. The predicted molar refractivity (Wildman–Crippen MR) is 62.8 cm³/mol. The largest absolute Gasteiger partial charge is 0.357 e. The minimum Gasteiger partial charge on any atom is -0.357 e. The number of nitrogens with one attached hydrogen (secondary N) is 1. The topological polar surface area (TPSA) is 21.3 Å². The van der Waals surface area contributed by atoms with Crippen molar-refractivity contribution in [3.63, 3.8) is 0 Å². The molecule has 1 saturated heterocycles. The SMILES string of the molecule is CCC1CCNC2(CCC(C)(C)CC2)O1. The van der Waals surface area contributed by atoms with Crippen LogP contribution in [0.4, 0.5) is 0 Å². The van der Waals surface area contributed by atoms with E-state index in [4.69, 9.17) is 4.74 Å². The summed E-state index contributed by atoms with van der Waals surface area (Å²) in [5.74, 6) is 0. The fraction of sp³-hybridized carbons (Fsp3) is 1.00. The van der Waals surface area contributed by atoms with Crippen molar-refractivity contribution >= 4 is 0 Å². The normalized spacial score (nSPS) is 34.2. The summed E-state index contributed by atoms with van der Waals surface area (Å²) in [5, 5.41) is 3.61. The minimum atomic E-state index is 0.0362. The molecule has 2 aliphatic rings. The molecular formula is C13H25NO. The molecule has 88 valence electrons. The van der Waals surface area contributed by atoms with Crippen LogP contribution in [0, 0.1) is 5.41 Å². The zero-order valence-electron chi connectivity index (χ0n) is 10.4. The van der Waals surface area contributed by atoms with Gasteiger partial charge in [0.25, 0.3) is 0 Å². The molecule has 0 aromatic rings. The molecule has 0 amide bonds. The summed E-state index contributed by atoms with van der Waals surface area (Å²) in [6, 6.07) is 0. The van der Waals surface area contributed by atoms with Crippen molar-refractivity contribution in [2.45, 2.75) is 71.1 Å². The van der Waals surface area contributed by atoms with Gasteiger partial charge in [0.15, 0.2) is 0 Å². The van der Waals surface area contributed by atoms with Gasteiger partial charge in [0.1, 0.15) is 5.72 Å². The van der Waals surface area contributed by atoms with Crippen LogP contribution in [0.5, 0.6) is 0 Å². The second kappa shape index (κ2) is 4.06. The molecule has 2 nitrogen and oxygen atoms in total. The molecule has 1 saturated carbocycles. The van der Waals surface area contributed by atoms with Crippen LogP contribution in [-0.2, 0) is 4.74 Å². The highest BCUT2D eigenvalue weighted by molar-refractivity contribution is 4.91. The van der Waals surface area contributed by atoms with Crippen molar-refractivity contribution in [3.8, 4) is 0 Å². The Kier molecular flexibility index (Phi) is 3.09. The molecule has 1 heterocycles. The summed E-state index contributed by atoms with van der Waals surface area (Å²) in [6.45, 7) is 8.12. The van der Waals surface area contributed by atoms with E-state index in [1.807, 2.05) is 0 Å². The maximum Gasteiger partial charge on any atom is 0.119 e. The standard InChI is InChI=1S/C13H25NO/c1-4-11-5-10-14-13(15-11)8-6-12(2,3)7-9-13/h11,14H,4-10H2,1-3H3. The summed E-state index contributed by atoms with van der Waals surface area (Å²) in [7, 11) is 0. The van der Waals surface area contributed by atoms with Crippen molar-refractivity contribution in [1.82, 2.24) is 5.32 Å². The molecule has 1 N–H and O–H groups in total. The van der Waals surface area contributed by atoms with Crippen LogP contribution in [0.2, 0.25) is 0 Å². The fourth-order valence-corrected chi connectivity index (χ4v) is 2.79. The van der Waals surface area contributed by atoms with E-state index in [-0.39, 0.29) is 5.72 Å². The molecule has 2 heteroatoms. The van der Waals surface area contributed by atoms with E-state index in [1.54, 1.807) is 0 Å².